The van der Waals surface area contributed by atoms with Gasteiger partial charge in [0.15, 0.2) is 8.32 Å². The van der Waals surface area contributed by atoms with Gasteiger partial charge in [-0.05, 0) is 35.8 Å². The summed E-state index contributed by atoms with van der Waals surface area (Å²) in [6.07, 6.45) is 0. The Hall–Kier alpha value is -0.893. The summed E-state index contributed by atoms with van der Waals surface area (Å²) >= 11 is 0. The van der Waals surface area contributed by atoms with Crippen LogP contribution in [0.5, 0.6) is 5.75 Å². The monoisotopic (exact) mass is 373 g/mol. The Labute approximate surface area is 147 Å². The van der Waals surface area contributed by atoms with Crippen LogP contribution in [0.4, 0.5) is 0 Å². The second-order valence-corrected chi connectivity index (χ2v) is 14.7. The molecule has 0 unspecified atom stereocenters. The zero-order valence-corrected chi connectivity index (χ0v) is 17.9. The van der Waals surface area contributed by atoms with E-state index < -0.39 is 18.3 Å². The van der Waals surface area contributed by atoms with Crippen molar-refractivity contribution in [2.24, 2.45) is 5.14 Å². The molecule has 1 aromatic rings. The molecule has 0 aliphatic heterocycles. The number of methoxy groups -OCH3 is 1. The normalized spacial score (nSPS) is 13.9. The molecule has 0 aliphatic rings. The van der Waals surface area contributed by atoms with Gasteiger partial charge < -0.3 is 9.16 Å². The van der Waals surface area contributed by atoms with E-state index in [1.54, 1.807) is 12.1 Å². The molecule has 24 heavy (non-hydrogen) atoms. The molecule has 0 aromatic heterocycles. The van der Waals surface area contributed by atoms with Gasteiger partial charge in [-0.3, -0.25) is 0 Å². The number of ether oxygens (including phenoxy) is 1. The van der Waals surface area contributed by atoms with Gasteiger partial charge >= 0.3 is 0 Å². The maximum Gasteiger partial charge on any atom is 0.241 e. The van der Waals surface area contributed by atoms with Gasteiger partial charge in [-0.15, -0.1) is 0 Å². The number of rotatable bonds is 6. The summed E-state index contributed by atoms with van der Waals surface area (Å²) in [6.45, 7) is 15.6. The number of hydrogen-bond acceptors (Lipinski definition) is 4. The number of hydrogen-bond donors (Lipinski definition) is 1. The molecule has 0 heterocycles. The van der Waals surface area contributed by atoms with Gasteiger partial charge in [0, 0.05) is 12.0 Å². The molecule has 0 atom stereocenters. The van der Waals surface area contributed by atoms with E-state index in [0.29, 0.717) is 6.61 Å². The van der Waals surface area contributed by atoms with E-state index in [4.69, 9.17) is 14.3 Å². The van der Waals surface area contributed by atoms with Gasteiger partial charge in [0.25, 0.3) is 0 Å². The van der Waals surface area contributed by atoms with Gasteiger partial charge in [-0.1, -0.05) is 40.7 Å². The molecule has 0 saturated heterocycles. The lowest BCUT2D eigenvalue weighted by molar-refractivity contribution is 0.220. The summed E-state index contributed by atoms with van der Waals surface area (Å²) in [5.41, 5.74) is 0.507. The first kappa shape index (κ1) is 21.2. The highest BCUT2D eigenvalue weighted by atomic mass is 32.2. The lowest BCUT2D eigenvalue weighted by Crippen LogP contribution is -2.43. The van der Waals surface area contributed by atoms with E-state index in [1.165, 1.54) is 7.11 Å². The SMILES string of the molecule is COc1ccc(C(C)(C)CO[Si](C)(C)C(C)(C)C)cc1S(N)(=O)=O. The summed E-state index contributed by atoms with van der Waals surface area (Å²) in [5, 5.41) is 5.43. The van der Waals surface area contributed by atoms with Crippen molar-refractivity contribution in [3.63, 3.8) is 0 Å². The fourth-order valence-corrected chi connectivity index (χ4v) is 3.86. The molecule has 0 radical (unpaired) electrons. The first-order valence-corrected chi connectivity index (χ1v) is 12.4. The molecule has 1 rings (SSSR count). The zero-order valence-electron chi connectivity index (χ0n) is 16.1. The van der Waals surface area contributed by atoms with E-state index in [-0.39, 0.29) is 21.1 Å². The Bertz CT molecular complexity index is 691. The maximum atomic E-state index is 11.8. The van der Waals surface area contributed by atoms with Crippen LogP contribution in [0.2, 0.25) is 18.1 Å². The minimum atomic E-state index is -3.85. The van der Waals surface area contributed by atoms with E-state index in [2.05, 4.69) is 33.9 Å². The highest BCUT2D eigenvalue weighted by Gasteiger charge is 2.38. The second kappa shape index (κ2) is 6.78. The van der Waals surface area contributed by atoms with Crippen LogP contribution >= 0.6 is 0 Å². The summed E-state index contributed by atoms with van der Waals surface area (Å²) in [7, 11) is -4.31. The standard InChI is InChI=1S/C17H31NO4SSi/c1-16(2,3)24(7,8)22-12-17(4,5)13-9-10-14(21-6)15(11-13)23(18,19)20/h9-11H,12H2,1-8H3,(H2,18,19,20). The first-order valence-electron chi connectivity index (χ1n) is 7.97. The van der Waals surface area contributed by atoms with Crippen LogP contribution in [-0.4, -0.2) is 30.5 Å². The van der Waals surface area contributed by atoms with Gasteiger partial charge in [0.1, 0.15) is 10.6 Å². The van der Waals surface area contributed by atoms with Crippen molar-refractivity contribution in [1.29, 1.82) is 0 Å². The minimum absolute atomic E-state index is 0.00269. The van der Waals surface area contributed by atoms with Gasteiger partial charge in [0.2, 0.25) is 10.0 Å². The fraction of sp³-hybridized carbons (Fsp3) is 0.647. The lowest BCUT2D eigenvalue weighted by atomic mass is 9.86. The lowest BCUT2D eigenvalue weighted by Gasteiger charge is -2.39. The number of benzene rings is 1. The molecule has 0 bridgehead atoms. The predicted molar refractivity (Wildman–Crippen MR) is 101 cm³/mol. The molecule has 0 saturated carbocycles. The highest BCUT2D eigenvalue weighted by molar-refractivity contribution is 7.89. The molecule has 0 amide bonds. The van der Waals surface area contributed by atoms with E-state index in [0.717, 1.165) is 5.56 Å². The van der Waals surface area contributed by atoms with Crippen LogP contribution in [0.25, 0.3) is 0 Å². The smallest absolute Gasteiger partial charge is 0.241 e. The Kier molecular flexibility index (Phi) is 5.98. The van der Waals surface area contributed by atoms with Crippen LogP contribution in [0.1, 0.15) is 40.2 Å². The molecule has 138 valence electrons. The molecule has 0 spiro atoms. The first-order chi connectivity index (χ1) is 10.6. The van der Waals surface area contributed by atoms with Crippen LogP contribution in [-0.2, 0) is 19.9 Å². The molecule has 0 aliphatic carbocycles. The third-order valence-electron chi connectivity index (χ3n) is 4.85. The van der Waals surface area contributed by atoms with Crippen molar-refractivity contribution in [2.75, 3.05) is 13.7 Å². The number of sulfonamides is 1. The molecule has 2 N–H and O–H groups in total. The Morgan fingerprint density at radius 3 is 2.08 bits per heavy atom. The average Bonchev–Trinajstić information content (AvgIpc) is 2.42. The largest absolute Gasteiger partial charge is 0.495 e. The van der Waals surface area contributed by atoms with Crippen LogP contribution < -0.4 is 9.88 Å². The van der Waals surface area contributed by atoms with Crippen LogP contribution in [0, 0.1) is 0 Å². The van der Waals surface area contributed by atoms with Gasteiger partial charge in [0.05, 0.1) is 7.11 Å². The van der Waals surface area contributed by atoms with Crippen molar-refractivity contribution >= 4 is 18.3 Å². The Balaban J connectivity index is 3.16. The Morgan fingerprint density at radius 1 is 1.12 bits per heavy atom. The molecule has 7 heteroatoms. The summed E-state index contributed by atoms with van der Waals surface area (Å²) < 4.78 is 35.1. The second-order valence-electron chi connectivity index (χ2n) is 8.34. The summed E-state index contributed by atoms with van der Waals surface area (Å²) in [6, 6.07) is 5.09. The molecular formula is C17H31NO4SSi. The molecule has 0 fully saturated rings. The van der Waals surface area contributed by atoms with E-state index >= 15 is 0 Å². The number of nitrogens with two attached hydrogens (primary N) is 1. The van der Waals surface area contributed by atoms with Gasteiger partial charge in [-0.25, -0.2) is 13.6 Å². The third-order valence-corrected chi connectivity index (χ3v) is 10.3. The van der Waals surface area contributed by atoms with Crippen molar-refractivity contribution in [2.45, 2.75) is 63.1 Å². The molecule has 1 aromatic carbocycles. The van der Waals surface area contributed by atoms with Crippen molar-refractivity contribution < 1.29 is 17.6 Å². The zero-order chi connectivity index (χ0) is 19.0. The Morgan fingerprint density at radius 2 is 1.67 bits per heavy atom. The fourth-order valence-electron chi connectivity index (χ4n) is 1.98. The summed E-state index contributed by atoms with van der Waals surface area (Å²) in [5.74, 6) is 0.252. The van der Waals surface area contributed by atoms with Crippen molar-refractivity contribution in [3.05, 3.63) is 23.8 Å². The summed E-state index contributed by atoms with van der Waals surface area (Å²) in [4.78, 5) is 0.00269. The quantitative estimate of drug-likeness (QED) is 0.772. The highest BCUT2D eigenvalue weighted by Crippen LogP contribution is 2.38. The van der Waals surface area contributed by atoms with Crippen molar-refractivity contribution in [3.8, 4) is 5.75 Å². The van der Waals surface area contributed by atoms with Crippen molar-refractivity contribution in [1.82, 2.24) is 0 Å². The van der Waals surface area contributed by atoms with Crippen LogP contribution in [0.3, 0.4) is 0 Å². The third kappa shape index (κ3) is 4.81. The molecular weight excluding hydrogens is 342 g/mol. The minimum Gasteiger partial charge on any atom is -0.495 e. The molecule has 5 nitrogen and oxygen atoms in total. The maximum absolute atomic E-state index is 11.8. The average molecular weight is 374 g/mol. The van der Waals surface area contributed by atoms with E-state index in [1.807, 2.05) is 19.9 Å². The topological polar surface area (TPSA) is 78.6 Å². The number of primary sulfonamides is 1. The van der Waals surface area contributed by atoms with E-state index in [9.17, 15) is 8.42 Å². The van der Waals surface area contributed by atoms with Crippen LogP contribution in [0.15, 0.2) is 23.1 Å². The predicted octanol–water partition coefficient (Wildman–Crippen LogP) is 3.64. The van der Waals surface area contributed by atoms with Gasteiger partial charge in [-0.2, -0.15) is 0 Å².